The third-order valence-corrected chi connectivity index (χ3v) is 3.89. The summed E-state index contributed by atoms with van der Waals surface area (Å²) in [5, 5.41) is 3.39. The van der Waals surface area contributed by atoms with Crippen LogP contribution in [-0.4, -0.2) is 36.6 Å². The Morgan fingerprint density at radius 2 is 1.64 bits per heavy atom. The highest BCUT2D eigenvalue weighted by Gasteiger charge is 2.29. The van der Waals surface area contributed by atoms with Crippen molar-refractivity contribution in [2.24, 2.45) is 0 Å². The number of likely N-dealkylation sites (N-methyl/N-ethyl adjacent to an activating group) is 1. The van der Waals surface area contributed by atoms with E-state index in [1.807, 2.05) is 0 Å². The molecule has 0 aromatic carbocycles. The van der Waals surface area contributed by atoms with Crippen molar-refractivity contribution in [2.75, 3.05) is 19.6 Å². The second-order valence-electron chi connectivity index (χ2n) is 4.79. The summed E-state index contributed by atoms with van der Waals surface area (Å²) >= 11 is 0. The predicted octanol–water partition coefficient (Wildman–Crippen LogP) is 2.00. The van der Waals surface area contributed by atoms with Crippen LogP contribution in [0, 0.1) is 0 Å². The van der Waals surface area contributed by atoms with Crippen molar-refractivity contribution in [3.63, 3.8) is 0 Å². The summed E-state index contributed by atoms with van der Waals surface area (Å²) in [4.78, 5) is 2.75. The standard InChI is InChI=1S/C12H24N2/c1-2-14(12-9-13-10-12)11-7-5-3-4-6-8-11/h11-13H,2-10H2,1H3. The summed E-state index contributed by atoms with van der Waals surface area (Å²) < 4.78 is 0. The van der Waals surface area contributed by atoms with Gasteiger partial charge in [-0.1, -0.05) is 32.6 Å². The molecular weight excluding hydrogens is 172 g/mol. The van der Waals surface area contributed by atoms with E-state index in [1.54, 1.807) is 0 Å². The van der Waals surface area contributed by atoms with Crippen molar-refractivity contribution in [3.8, 4) is 0 Å². The maximum absolute atomic E-state index is 3.39. The van der Waals surface area contributed by atoms with E-state index in [2.05, 4.69) is 17.1 Å². The minimum absolute atomic E-state index is 0.850. The average Bonchev–Trinajstić information content (AvgIpc) is 2.38. The molecule has 1 saturated carbocycles. The first-order valence-corrected chi connectivity index (χ1v) is 6.38. The van der Waals surface area contributed by atoms with Gasteiger partial charge in [-0.25, -0.2) is 0 Å². The summed E-state index contributed by atoms with van der Waals surface area (Å²) in [5.74, 6) is 0. The maximum atomic E-state index is 3.39. The van der Waals surface area contributed by atoms with Gasteiger partial charge in [-0.15, -0.1) is 0 Å². The Hall–Kier alpha value is -0.0800. The molecule has 0 amide bonds. The van der Waals surface area contributed by atoms with Crippen LogP contribution in [0.15, 0.2) is 0 Å². The molecule has 0 aromatic heterocycles. The Balaban J connectivity index is 1.87. The smallest absolute Gasteiger partial charge is 0.0348 e. The van der Waals surface area contributed by atoms with Crippen LogP contribution in [0.5, 0.6) is 0 Å². The summed E-state index contributed by atoms with van der Waals surface area (Å²) in [7, 11) is 0. The van der Waals surface area contributed by atoms with Gasteiger partial charge in [0.05, 0.1) is 0 Å². The molecule has 1 saturated heterocycles. The Labute approximate surface area is 88.1 Å². The molecular formula is C12H24N2. The van der Waals surface area contributed by atoms with Gasteiger partial charge in [-0.05, 0) is 19.4 Å². The first kappa shape index (κ1) is 10.4. The monoisotopic (exact) mass is 196 g/mol. The molecule has 0 unspecified atom stereocenters. The normalized spacial score (nSPS) is 26.1. The van der Waals surface area contributed by atoms with Crippen molar-refractivity contribution in [3.05, 3.63) is 0 Å². The van der Waals surface area contributed by atoms with Crippen LogP contribution in [0.2, 0.25) is 0 Å². The van der Waals surface area contributed by atoms with E-state index in [1.165, 1.54) is 58.2 Å². The van der Waals surface area contributed by atoms with Crippen molar-refractivity contribution >= 4 is 0 Å². The Kier molecular flexibility index (Phi) is 3.82. The molecule has 0 spiro atoms. The molecule has 1 N–H and O–H groups in total. The third-order valence-electron chi connectivity index (χ3n) is 3.89. The molecule has 1 heterocycles. The van der Waals surface area contributed by atoms with Crippen LogP contribution in [0.1, 0.15) is 45.4 Å². The third kappa shape index (κ3) is 2.29. The van der Waals surface area contributed by atoms with Crippen LogP contribution < -0.4 is 5.32 Å². The van der Waals surface area contributed by atoms with E-state index >= 15 is 0 Å². The fourth-order valence-electron chi connectivity index (χ4n) is 2.91. The zero-order valence-electron chi connectivity index (χ0n) is 9.47. The molecule has 0 atom stereocenters. The van der Waals surface area contributed by atoms with E-state index in [4.69, 9.17) is 0 Å². The Bertz CT molecular complexity index is 158. The van der Waals surface area contributed by atoms with Crippen LogP contribution >= 0.6 is 0 Å². The molecule has 1 aliphatic carbocycles. The van der Waals surface area contributed by atoms with Gasteiger partial charge < -0.3 is 5.32 Å². The fourth-order valence-corrected chi connectivity index (χ4v) is 2.91. The van der Waals surface area contributed by atoms with Gasteiger partial charge in [-0.2, -0.15) is 0 Å². The molecule has 2 aliphatic rings. The van der Waals surface area contributed by atoms with Crippen LogP contribution in [0.3, 0.4) is 0 Å². The van der Waals surface area contributed by atoms with Crippen LogP contribution in [0.4, 0.5) is 0 Å². The van der Waals surface area contributed by atoms with Gasteiger partial charge in [0.1, 0.15) is 0 Å². The fraction of sp³-hybridized carbons (Fsp3) is 1.00. The first-order chi connectivity index (χ1) is 6.92. The number of hydrogen-bond donors (Lipinski definition) is 1. The molecule has 82 valence electrons. The SMILES string of the molecule is CCN(C1CCCCCC1)C1CNC1. The lowest BCUT2D eigenvalue weighted by molar-refractivity contribution is 0.0919. The lowest BCUT2D eigenvalue weighted by atomic mass is 10.0. The topological polar surface area (TPSA) is 15.3 Å². The molecule has 0 aromatic rings. The zero-order valence-corrected chi connectivity index (χ0v) is 9.47. The molecule has 1 aliphatic heterocycles. The highest BCUT2D eigenvalue weighted by Crippen LogP contribution is 2.24. The summed E-state index contributed by atoms with van der Waals surface area (Å²) in [6.45, 7) is 6.02. The second-order valence-corrected chi connectivity index (χ2v) is 4.79. The lowest BCUT2D eigenvalue weighted by Gasteiger charge is -2.42. The first-order valence-electron chi connectivity index (χ1n) is 6.38. The number of nitrogens with one attached hydrogen (secondary N) is 1. The summed E-state index contributed by atoms with van der Waals surface area (Å²) in [5.41, 5.74) is 0. The highest BCUT2D eigenvalue weighted by atomic mass is 15.2. The molecule has 2 fully saturated rings. The quantitative estimate of drug-likeness (QED) is 0.695. The largest absolute Gasteiger partial charge is 0.314 e. The van der Waals surface area contributed by atoms with Crippen molar-refractivity contribution < 1.29 is 0 Å². The van der Waals surface area contributed by atoms with Crippen molar-refractivity contribution in [2.45, 2.75) is 57.5 Å². The van der Waals surface area contributed by atoms with E-state index in [-0.39, 0.29) is 0 Å². The number of rotatable bonds is 3. The summed E-state index contributed by atoms with van der Waals surface area (Å²) in [6.07, 6.45) is 8.76. The van der Waals surface area contributed by atoms with E-state index < -0.39 is 0 Å². The minimum Gasteiger partial charge on any atom is -0.314 e. The van der Waals surface area contributed by atoms with Gasteiger partial charge in [0.2, 0.25) is 0 Å². The minimum atomic E-state index is 0.850. The van der Waals surface area contributed by atoms with E-state index in [9.17, 15) is 0 Å². The van der Waals surface area contributed by atoms with E-state index in [0.29, 0.717) is 0 Å². The van der Waals surface area contributed by atoms with Gasteiger partial charge in [0.15, 0.2) is 0 Å². The Morgan fingerprint density at radius 3 is 2.07 bits per heavy atom. The van der Waals surface area contributed by atoms with Gasteiger partial charge in [0, 0.05) is 25.2 Å². The molecule has 2 rings (SSSR count). The number of nitrogens with zero attached hydrogens (tertiary/aromatic N) is 1. The van der Waals surface area contributed by atoms with Gasteiger partial charge in [0.25, 0.3) is 0 Å². The van der Waals surface area contributed by atoms with Gasteiger partial charge >= 0.3 is 0 Å². The zero-order chi connectivity index (χ0) is 9.80. The maximum Gasteiger partial charge on any atom is 0.0348 e. The Morgan fingerprint density at radius 1 is 1.00 bits per heavy atom. The van der Waals surface area contributed by atoms with Crippen LogP contribution in [0.25, 0.3) is 0 Å². The highest BCUT2D eigenvalue weighted by molar-refractivity contribution is 4.88. The van der Waals surface area contributed by atoms with Gasteiger partial charge in [-0.3, -0.25) is 4.90 Å². The molecule has 0 bridgehead atoms. The molecule has 14 heavy (non-hydrogen) atoms. The summed E-state index contributed by atoms with van der Waals surface area (Å²) in [6, 6.07) is 1.75. The van der Waals surface area contributed by atoms with Crippen molar-refractivity contribution in [1.82, 2.24) is 10.2 Å². The van der Waals surface area contributed by atoms with Crippen molar-refractivity contribution in [1.29, 1.82) is 0 Å². The molecule has 0 radical (unpaired) electrons. The lowest BCUT2D eigenvalue weighted by Crippen LogP contribution is -2.59. The predicted molar refractivity (Wildman–Crippen MR) is 60.5 cm³/mol. The van der Waals surface area contributed by atoms with Crippen LogP contribution in [-0.2, 0) is 0 Å². The number of hydrogen-bond acceptors (Lipinski definition) is 2. The molecule has 2 heteroatoms. The average molecular weight is 196 g/mol. The molecule has 2 nitrogen and oxygen atoms in total. The van der Waals surface area contributed by atoms with E-state index in [0.717, 1.165) is 12.1 Å². The second kappa shape index (κ2) is 5.13.